The summed E-state index contributed by atoms with van der Waals surface area (Å²) in [4.78, 5) is 15.8. The highest BCUT2D eigenvalue weighted by molar-refractivity contribution is 5.74. The van der Waals surface area contributed by atoms with Crippen LogP contribution in [0.25, 0.3) is 0 Å². The second-order valence-corrected chi connectivity index (χ2v) is 3.95. The SMILES string of the molecule is CCN(CC)C(=O)N1CC=C(COC)CC1. The minimum atomic E-state index is 0.151. The van der Waals surface area contributed by atoms with Gasteiger partial charge >= 0.3 is 6.03 Å². The van der Waals surface area contributed by atoms with E-state index in [9.17, 15) is 4.79 Å². The minimum absolute atomic E-state index is 0.151. The van der Waals surface area contributed by atoms with Crippen molar-refractivity contribution in [1.82, 2.24) is 9.80 Å². The number of methoxy groups -OCH3 is 1. The van der Waals surface area contributed by atoms with Gasteiger partial charge in [0.1, 0.15) is 0 Å². The molecule has 0 saturated carbocycles. The lowest BCUT2D eigenvalue weighted by molar-refractivity contribution is 0.158. The number of rotatable bonds is 4. The summed E-state index contributed by atoms with van der Waals surface area (Å²) >= 11 is 0. The highest BCUT2D eigenvalue weighted by atomic mass is 16.5. The molecule has 0 aliphatic carbocycles. The second-order valence-electron chi connectivity index (χ2n) is 3.95. The molecule has 0 aromatic heterocycles. The van der Waals surface area contributed by atoms with Crippen molar-refractivity contribution in [3.05, 3.63) is 11.6 Å². The molecule has 92 valence electrons. The van der Waals surface area contributed by atoms with Crippen molar-refractivity contribution < 1.29 is 9.53 Å². The number of carbonyl (C=O) groups is 1. The molecule has 0 spiro atoms. The number of carbonyl (C=O) groups excluding carboxylic acids is 1. The lowest BCUT2D eigenvalue weighted by Crippen LogP contribution is -2.45. The minimum Gasteiger partial charge on any atom is -0.380 e. The Morgan fingerprint density at radius 3 is 2.62 bits per heavy atom. The summed E-state index contributed by atoms with van der Waals surface area (Å²) in [5.74, 6) is 0. The smallest absolute Gasteiger partial charge is 0.320 e. The molecule has 0 unspecified atom stereocenters. The third-order valence-electron chi connectivity index (χ3n) is 2.94. The van der Waals surface area contributed by atoms with Crippen LogP contribution in [0.5, 0.6) is 0 Å². The van der Waals surface area contributed by atoms with Crippen LogP contribution in [0.1, 0.15) is 20.3 Å². The van der Waals surface area contributed by atoms with E-state index in [1.54, 1.807) is 7.11 Å². The van der Waals surface area contributed by atoms with Crippen molar-refractivity contribution in [3.8, 4) is 0 Å². The number of ether oxygens (including phenoxy) is 1. The van der Waals surface area contributed by atoms with E-state index in [4.69, 9.17) is 4.74 Å². The van der Waals surface area contributed by atoms with Crippen LogP contribution in [0.15, 0.2) is 11.6 Å². The van der Waals surface area contributed by atoms with Crippen LogP contribution >= 0.6 is 0 Å². The molecule has 16 heavy (non-hydrogen) atoms. The molecule has 0 fully saturated rings. The van der Waals surface area contributed by atoms with Gasteiger partial charge in [-0.2, -0.15) is 0 Å². The predicted molar refractivity (Wildman–Crippen MR) is 64.5 cm³/mol. The zero-order valence-electron chi connectivity index (χ0n) is 10.5. The summed E-state index contributed by atoms with van der Waals surface area (Å²) in [5, 5.41) is 0. The lowest BCUT2D eigenvalue weighted by atomic mass is 10.1. The average molecular weight is 226 g/mol. The molecule has 4 heteroatoms. The quantitative estimate of drug-likeness (QED) is 0.684. The standard InChI is InChI=1S/C12H22N2O2/c1-4-13(5-2)12(15)14-8-6-11(7-9-14)10-16-3/h6H,4-5,7-10H2,1-3H3. The van der Waals surface area contributed by atoms with E-state index >= 15 is 0 Å². The summed E-state index contributed by atoms with van der Waals surface area (Å²) in [5.41, 5.74) is 1.30. The van der Waals surface area contributed by atoms with Gasteiger partial charge < -0.3 is 14.5 Å². The molecule has 0 aromatic carbocycles. The van der Waals surface area contributed by atoms with Gasteiger partial charge in [0.15, 0.2) is 0 Å². The Balaban J connectivity index is 2.49. The predicted octanol–water partition coefficient (Wildman–Crippen LogP) is 1.73. The molecular formula is C12H22N2O2. The number of hydrogen-bond donors (Lipinski definition) is 0. The maximum atomic E-state index is 12.0. The number of urea groups is 1. The van der Waals surface area contributed by atoms with Gasteiger partial charge in [-0.25, -0.2) is 4.79 Å². The number of amides is 2. The van der Waals surface area contributed by atoms with E-state index in [0.29, 0.717) is 13.2 Å². The fourth-order valence-corrected chi connectivity index (χ4v) is 1.90. The second kappa shape index (κ2) is 6.53. The first-order chi connectivity index (χ1) is 7.72. The van der Waals surface area contributed by atoms with Crippen LogP contribution in [0.2, 0.25) is 0 Å². The molecule has 0 saturated heterocycles. The third-order valence-corrected chi connectivity index (χ3v) is 2.94. The molecule has 0 radical (unpaired) electrons. The average Bonchev–Trinajstić information content (AvgIpc) is 2.32. The van der Waals surface area contributed by atoms with Gasteiger partial charge in [0.25, 0.3) is 0 Å². The molecule has 1 aliphatic heterocycles. The van der Waals surface area contributed by atoms with Crippen LogP contribution < -0.4 is 0 Å². The molecule has 0 N–H and O–H groups in total. The molecule has 0 aromatic rings. The van der Waals surface area contributed by atoms with Crippen LogP contribution in [-0.4, -0.2) is 55.7 Å². The molecule has 4 nitrogen and oxygen atoms in total. The Kier molecular flexibility index (Phi) is 5.32. The van der Waals surface area contributed by atoms with E-state index in [1.807, 2.05) is 23.6 Å². The fourth-order valence-electron chi connectivity index (χ4n) is 1.90. The molecule has 2 amide bonds. The van der Waals surface area contributed by atoms with Gasteiger partial charge in [0.2, 0.25) is 0 Å². The Morgan fingerprint density at radius 1 is 1.50 bits per heavy atom. The third kappa shape index (κ3) is 3.23. The normalized spacial score (nSPS) is 15.9. The number of nitrogens with zero attached hydrogens (tertiary/aromatic N) is 2. The zero-order valence-corrected chi connectivity index (χ0v) is 10.5. The largest absolute Gasteiger partial charge is 0.380 e. The molecule has 0 atom stereocenters. The van der Waals surface area contributed by atoms with Crippen LogP contribution in [0.4, 0.5) is 4.79 Å². The topological polar surface area (TPSA) is 32.8 Å². The van der Waals surface area contributed by atoms with E-state index in [-0.39, 0.29) is 6.03 Å². The summed E-state index contributed by atoms with van der Waals surface area (Å²) in [7, 11) is 1.70. The van der Waals surface area contributed by atoms with E-state index in [1.165, 1.54) is 5.57 Å². The molecule has 1 aliphatic rings. The van der Waals surface area contributed by atoms with Crippen molar-refractivity contribution >= 4 is 6.03 Å². The first-order valence-corrected chi connectivity index (χ1v) is 5.93. The Morgan fingerprint density at radius 2 is 2.19 bits per heavy atom. The van der Waals surface area contributed by atoms with Gasteiger partial charge in [-0.05, 0) is 25.8 Å². The first-order valence-electron chi connectivity index (χ1n) is 5.93. The van der Waals surface area contributed by atoms with Crippen molar-refractivity contribution in [1.29, 1.82) is 0 Å². The van der Waals surface area contributed by atoms with Crippen LogP contribution in [0.3, 0.4) is 0 Å². The Hall–Kier alpha value is -1.03. The molecule has 0 bridgehead atoms. The van der Waals surface area contributed by atoms with Crippen molar-refractivity contribution in [2.24, 2.45) is 0 Å². The highest BCUT2D eigenvalue weighted by Gasteiger charge is 2.20. The number of hydrogen-bond acceptors (Lipinski definition) is 2. The van der Waals surface area contributed by atoms with Crippen molar-refractivity contribution in [2.45, 2.75) is 20.3 Å². The molecule has 1 rings (SSSR count). The van der Waals surface area contributed by atoms with Crippen molar-refractivity contribution in [2.75, 3.05) is 39.9 Å². The van der Waals surface area contributed by atoms with E-state index in [0.717, 1.165) is 26.1 Å². The van der Waals surface area contributed by atoms with Gasteiger partial charge in [-0.1, -0.05) is 6.08 Å². The van der Waals surface area contributed by atoms with E-state index < -0.39 is 0 Å². The zero-order chi connectivity index (χ0) is 12.0. The summed E-state index contributed by atoms with van der Waals surface area (Å²) in [6.45, 7) is 7.79. The highest BCUT2D eigenvalue weighted by Crippen LogP contribution is 2.12. The maximum absolute atomic E-state index is 12.0. The summed E-state index contributed by atoms with van der Waals surface area (Å²) in [6.07, 6.45) is 3.04. The van der Waals surface area contributed by atoms with E-state index in [2.05, 4.69) is 6.08 Å². The van der Waals surface area contributed by atoms with Gasteiger partial charge in [0, 0.05) is 33.3 Å². The van der Waals surface area contributed by atoms with Crippen molar-refractivity contribution in [3.63, 3.8) is 0 Å². The molecular weight excluding hydrogens is 204 g/mol. The summed E-state index contributed by atoms with van der Waals surface area (Å²) < 4.78 is 5.08. The first kappa shape index (κ1) is 13.0. The fraction of sp³-hybridized carbons (Fsp3) is 0.750. The lowest BCUT2D eigenvalue weighted by Gasteiger charge is -2.31. The van der Waals surface area contributed by atoms with Crippen LogP contribution in [-0.2, 0) is 4.74 Å². The Labute approximate surface area is 97.9 Å². The Bertz CT molecular complexity index is 260. The summed E-state index contributed by atoms with van der Waals surface area (Å²) in [6, 6.07) is 0.151. The maximum Gasteiger partial charge on any atom is 0.320 e. The monoisotopic (exact) mass is 226 g/mol. The van der Waals surface area contributed by atoms with Gasteiger partial charge in [-0.15, -0.1) is 0 Å². The molecule has 1 heterocycles. The van der Waals surface area contributed by atoms with Gasteiger partial charge in [-0.3, -0.25) is 0 Å². The van der Waals surface area contributed by atoms with Gasteiger partial charge in [0.05, 0.1) is 6.61 Å². The van der Waals surface area contributed by atoms with Crippen LogP contribution in [0, 0.1) is 0 Å².